The monoisotopic (exact) mass is 326 g/mol. The van der Waals surface area contributed by atoms with Crippen molar-refractivity contribution < 1.29 is 9.59 Å². The number of hydrogen-bond donors (Lipinski definition) is 2. The van der Waals surface area contributed by atoms with Gasteiger partial charge in [-0.25, -0.2) is 0 Å². The third-order valence-electron chi connectivity index (χ3n) is 2.58. The summed E-state index contributed by atoms with van der Waals surface area (Å²) < 4.78 is 0.979. The molecule has 0 aliphatic rings. The van der Waals surface area contributed by atoms with Gasteiger partial charge in [0, 0.05) is 11.0 Å². The topological polar surface area (TPSA) is 58.2 Å². The summed E-state index contributed by atoms with van der Waals surface area (Å²) in [6.07, 6.45) is 2.28. The molecule has 0 saturated carbocycles. The zero-order valence-electron chi connectivity index (χ0n) is 11.0. The van der Waals surface area contributed by atoms with E-state index in [4.69, 9.17) is 0 Å². The van der Waals surface area contributed by atoms with Gasteiger partial charge < -0.3 is 10.6 Å². The lowest BCUT2D eigenvalue weighted by Crippen LogP contribution is -2.37. The van der Waals surface area contributed by atoms with Crippen LogP contribution >= 0.6 is 15.9 Å². The molecule has 0 spiro atoms. The maximum atomic E-state index is 11.6. The van der Waals surface area contributed by atoms with E-state index in [1.54, 1.807) is 0 Å². The van der Waals surface area contributed by atoms with E-state index in [1.165, 1.54) is 0 Å². The van der Waals surface area contributed by atoms with E-state index in [1.807, 2.05) is 24.3 Å². The molecular weight excluding hydrogens is 308 g/mol. The first kappa shape index (κ1) is 15.7. The highest BCUT2D eigenvalue weighted by atomic mass is 79.9. The van der Waals surface area contributed by atoms with Crippen LogP contribution in [0.15, 0.2) is 28.7 Å². The van der Waals surface area contributed by atoms with Crippen molar-refractivity contribution in [3.63, 3.8) is 0 Å². The molecule has 0 heterocycles. The third-order valence-corrected chi connectivity index (χ3v) is 3.11. The van der Waals surface area contributed by atoms with Crippen molar-refractivity contribution in [3.05, 3.63) is 34.3 Å². The Morgan fingerprint density at radius 3 is 2.42 bits per heavy atom. The van der Waals surface area contributed by atoms with E-state index >= 15 is 0 Å². The summed E-state index contributed by atoms with van der Waals surface area (Å²) in [5.74, 6) is -0.287. The average Bonchev–Trinajstić information content (AvgIpc) is 2.39. The number of rotatable bonds is 7. The summed E-state index contributed by atoms with van der Waals surface area (Å²) >= 11 is 3.34. The Morgan fingerprint density at radius 2 is 1.79 bits per heavy atom. The predicted molar refractivity (Wildman–Crippen MR) is 78.8 cm³/mol. The van der Waals surface area contributed by atoms with Crippen LogP contribution in [-0.2, 0) is 16.0 Å². The maximum absolute atomic E-state index is 11.6. The van der Waals surface area contributed by atoms with E-state index in [2.05, 4.69) is 33.5 Å². The molecule has 0 radical (unpaired) electrons. The molecule has 1 rings (SSSR count). The molecule has 0 aromatic heterocycles. The molecule has 0 atom stereocenters. The van der Waals surface area contributed by atoms with E-state index in [0.717, 1.165) is 22.9 Å². The highest BCUT2D eigenvalue weighted by Gasteiger charge is 2.06. The second-order valence-electron chi connectivity index (χ2n) is 4.28. The van der Waals surface area contributed by atoms with E-state index in [0.29, 0.717) is 6.54 Å². The molecule has 1 aromatic carbocycles. The average molecular weight is 327 g/mol. The van der Waals surface area contributed by atoms with Gasteiger partial charge in [-0.3, -0.25) is 9.59 Å². The Morgan fingerprint density at radius 1 is 1.11 bits per heavy atom. The zero-order valence-corrected chi connectivity index (χ0v) is 12.6. The van der Waals surface area contributed by atoms with Crippen LogP contribution in [-0.4, -0.2) is 24.9 Å². The SMILES string of the molecule is CCCCNC(=O)CNC(=O)Cc1ccc(Br)cc1. The number of amides is 2. The lowest BCUT2D eigenvalue weighted by atomic mass is 10.1. The minimum absolute atomic E-state index is 0.0407. The number of nitrogens with one attached hydrogen (secondary N) is 2. The van der Waals surface area contributed by atoms with Gasteiger partial charge in [0.25, 0.3) is 0 Å². The summed E-state index contributed by atoms with van der Waals surface area (Å²) in [6.45, 7) is 2.77. The Balaban J connectivity index is 2.24. The molecule has 0 aliphatic heterocycles. The Hall–Kier alpha value is -1.36. The second-order valence-corrected chi connectivity index (χ2v) is 5.20. The molecule has 1 aromatic rings. The smallest absolute Gasteiger partial charge is 0.239 e. The van der Waals surface area contributed by atoms with Crippen molar-refractivity contribution in [2.24, 2.45) is 0 Å². The van der Waals surface area contributed by atoms with Gasteiger partial charge in [0.05, 0.1) is 13.0 Å². The fraction of sp³-hybridized carbons (Fsp3) is 0.429. The van der Waals surface area contributed by atoms with Gasteiger partial charge in [-0.05, 0) is 24.1 Å². The van der Waals surface area contributed by atoms with Crippen LogP contribution in [0.2, 0.25) is 0 Å². The van der Waals surface area contributed by atoms with Gasteiger partial charge in [0.15, 0.2) is 0 Å². The molecule has 2 amide bonds. The summed E-state index contributed by atoms with van der Waals surface area (Å²) in [4.78, 5) is 23.0. The normalized spacial score (nSPS) is 10.0. The molecule has 0 bridgehead atoms. The first-order chi connectivity index (χ1) is 9.11. The van der Waals surface area contributed by atoms with Crippen molar-refractivity contribution in [2.45, 2.75) is 26.2 Å². The van der Waals surface area contributed by atoms with Gasteiger partial charge in [0.2, 0.25) is 11.8 Å². The fourth-order valence-electron chi connectivity index (χ4n) is 1.50. The van der Waals surface area contributed by atoms with E-state index in [9.17, 15) is 9.59 Å². The number of hydrogen-bond acceptors (Lipinski definition) is 2. The molecule has 2 N–H and O–H groups in total. The number of unbranched alkanes of at least 4 members (excludes halogenated alkanes) is 1. The first-order valence-electron chi connectivity index (χ1n) is 6.39. The summed E-state index contributed by atoms with van der Waals surface area (Å²) in [6, 6.07) is 7.54. The van der Waals surface area contributed by atoms with Crippen molar-refractivity contribution >= 4 is 27.7 Å². The molecule has 0 unspecified atom stereocenters. The van der Waals surface area contributed by atoms with Gasteiger partial charge in [0.1, 0.15) is 0 Å². The number of carbonyl (C=O) groups excluding carboxylic acids is 2. The molecule has 4 nitrogen and oxygen atoms in total. The Labute approximate surface area is 122 Å². The van der Waals surface area contributed by atoms with Crippen LogP contribution in [0, 0.1) is 0 Å². The van der Waals surface area contributed by atoms with Crippen LogP contribution in [0.4, 0.5) is 0 Å². The second kappa shape index (κ2) is 8.69. The highest BCUT2D eigenvalue weighted by Crippen LogP contribution is 2.10. The van der Waals surface area contributed by atoms with E-state index in [-0.39, 0.29) is 24.8 Å². The quantitative estimate of drug-likeness (QED) is 0.753. The van der Waals surface area contributed by atoms with Crippen LogP contribution in [0.1, 0.15) is 25.3 Å². The van der Waals surface area contributed by atoms with Crippen molar-refractivity contribution in [1.29, 1.82) is 0 Å². The van der Waals surface area contributed by atoms with E-state index < -0.39 is 0 Å². The third kappa shape index (κ3) is 6.96. The summed E-state index contributed by atoms with van der Waals surface area (Å²) in [7, 11) is 0. The summed E-state index contributed by atoms with van der Waals surface area (Å²) in [5.41, 5.74) is 0.923. The molecule has 0 aliphatic carbocycles. The zero-order chi connectivity index (χ0) is 14.1. The summed E-state index contributed by atoms with van der Waals surface area (Å²) in [5, 5.41) is 5.36. The van der Waals surface area contributed by atoms with Gasteiger partial charge in [-0.15, -0.1) is 0 Å². The molecule has 104 valence electrons. The van der Waals surface area contributed by atoms with Crippen LogP contribution in [0.5, 0.6) is 0 Å². The van der Waals surface area contributed by atoms with Crippen LogP contribution < -0.4 is 10.6 Å². The standard InChI is InChI=1S/C14H19BrN2O2/c1-2-3-8-16-14(19)10-17-13(18)9-11-4-6-12(15)7-5-11/h4-7H,2-3,8-10H2,1H3,(H,16,19)(H,17,18). The number of halogens is 1. The predicted octanol–water partition coefficient (Wildman–Crippen LogP) is 2.02. The highest BCUT2D eigenvalue weighted by molar-refractivity contribution is 9.10. The first-order valence-corrected chi connectivity index (χ1v) is 7.19. The minimum atomic E-state index is -0.145. The number of benzene rings is 1. The van der Waals surface area contributed by atoms with Crippen molar-refractivity contribution in [1.82, 2.24) is 10.6 Å². The molecule has 5 heteroatoms. The van der Waals surface area contributed by atoms with Crippen molar-refractivity contribution in [3.8, 4) is 0 Å². The van der Waals surface area contributed by atoms with Gasteiger partial charge in [-0.2, -0.15) is 0 Å². The van der Waals surface area contributed by atoms with Gasteiger partial charge >= 0.3 is 0 Å². The molecular formula is C14H19BrN2O2. The molecule has 0 fully saturated rings. The molecule has 19 heavy (non-hydrogen) atoms. The van der Waals surface area contributed by atoms with Crippen LogP contribution in [0.3, 0.4) is 0 Å². The Kier molecular flexibility index (Phi) is 7.18. The largest absolute Gasteiger partial charge is 0.355 e. The van der Waals surface area contributed by atoms with Crippen molar-refractivity contribution in [2.75, 3.05) is 13.1 Å². The van der Waals surface area contributed by atoms with Gasteiger partial charge in [-0.1, -0.05) is 41.4 Å². The lowest BCUT2D eigenvalue weighted by Gasteiger charge is -2.06. The maximum Gasteiger partial charge on any atom is 0.239 e. The number of carbonyl (C=O) groups is 2. The van der Waals surface area contributed by atoms with Crippen LogP contribution in [0.25, 0.3) is 0 Å². The lowest BCUT2D eigenvalue weighted by molar-refractivity contribution is -0.125. The minimum Gasteiger partial charge on any atom is -0.355 e. The fourth-order valence-corrected chi connectivity index (χ4v) is 1.76. The molecule has 0 saturated heterocycles. The Bertz CT molecular complexity index is 418.